The van der Waals surface area contributed by atoms with Crippen molar-refractivity contribution >= 4 is 0 Å². The zero-order chi connectivity index (χ0) is 34.5. The normalized spacial score (nSPS) is 25.1. The maximum Gasteiger partial charge on any atom is 0.0919 e. The molecule has 3 fully saturated rings. The molecule has 1 aromatic rings. The predicted octanol–water partition coefficient (Wildman–Crippen LogP) is 9.57. The van der Waals surface area contributed by atoms with Gasteiger partial charge in [0.05, 0.1) is 17.9 Å². The van der Waals surface area contributed by atoms with Crippen molar-refractivity contribution in [3.05, 3.63) is 96.6 Å². The van der Waals surface area contributed by atoms with E-state index >= 15 is 0 Å². The lowest BCUT2D eigenvalue weighted by Gasteiger charge is -2.39. The first-order valence-electron chi connectivity index (χ1n) is 18.8. The molecule has 7 unspecified atom stereocenters. The fourth-order valence-corrected chi connectivity index (χ4v) is 8.55. The van der Waals surface area contributed by atoms with Crippen LogP contribution >= 0.6 is 0 Å². The zero-order valence-electron chi connectivity index (χ0n) is 30.9. The SMILES string of the molecule is C=C(NC(C(=C)C1CC2CC2C1C(=C)NC(CC1CCC1)C(=C)C(=C)N)C1Cc2ccccc2C1)NC(CCC)C(C)(C)C.CCC. The minimum atomic E-state index is 0.104. The second-order valence-electron chi connectivity index (χ2n) is 16.5. The standard InChI is InChI=1S/C40H60N4.C3H8/c1-10-14-37(40(7,8)9)43-28(6)44-39(33-20-30-17-11-12-18-31(30)21-33)25(3)34-22-32-23-35(32)38(34)27(5)42-36(24(2)26(4)41)19-29-15-13-16-29;1-3-2/h11-12,17-18,29,32-39,42-44H,2-6,10,13-16,19-23,41H2,1,7-9H3;3H2,1-2H3. The number of hydrogen-bond donors (Lipinski definition) is 4. The number of fused-ring (bicyclic) bond motifs is 2. The summed E-state index contributed by atoms with van der Waals surface area (Å²) >= 11 is 0. The molecular formula is C43H68N4. The van der Waals surface area contributed by atoms with Crippen molar-refractivity contribution in [1.29, 1.82) is 0 Å². The minimum Gasteiger partial charge on any atom is -0.399 e. The topological polar surface area (TPSA) is 62.1 Å². The molecule has 3 saturated carbocycles. The van der Waals surface area contributed by atoms with Crippen molar-refractivity contribution in [2.75, 3.05) is 0 Å². The van der Waals surface area contributed by atoms with Crippen LogP contribution in [0.1, 0.15) is 110 Å². The molecule has 4 heteroatoms. The number of nitrogens with one attached hydrogen (secondary N) is 3. The lowest BCUT2D eigenvalue weighted by atomic mass is 9.76. The first kappa shape index (κ1) is 36.9. The molecule has 0 saturated heterocycles. The van der Waals surface area contributed by atoms with E-state index in [0.29, 0.717) is 35.4 Å². The highest BCUT2D eigenvalue weighted by atomic mass is 15.1. The van der Waals surface area contributed by atoms with E-state index in [1.54, 1.807) is 0 Å². The third-order valence-electron chi connectivity index (χ3n) is 11.5. The molecular weight excluding hydrogens is 573 g/mol. The van der Waals surface area contributed by atoms with Gasteiger partial charge in [0.1, 0.15) is 0 Å². The van der Waals surface area contributed by atoms with E-state index in [2.05, 4.69) is 101 Å². The van der Waals surface area contributed by atoms with Gasteiger partial charge in [-0.1, -0.05) is 136 Å². The average Bonchev–Trinajstić information content (AvgIpc) is 3.43. The van der Waals surface area contributed by atoms with Gasteiger partial charge in [-0.05, 0) is 90.2 Å². The molecule has 47 heavy (non-hydrogen) atoms. The van der Waals surface area contributed by atoms with Crippen LogP contribution < -0.4 is 21.7 Å². The summed E-state index contributed by atoms with van der Waals surface area (Å²) in [5.74, 6) is 4.34. The van der Waals surface area contributed by atoms with Crippen LogP contribution in [0.3, 0.4) is 0 Å². The van der Waals surface area contributed by atoms with E-state index in [1.807, 2.05) is 0 Å². The van der Waals surface area contributed by atoms with Crippen LogP contribution in [0, 0.1) is 40.9 Å². The van der Waals surface area contributed by atoms with E-state index in [9.17, 15) is 0 Å². The van der Waals surface area contributed by atoms with Crippen molar-refractivity contribution in [3.8, 4) is 0 Å². The third kappa shape index (κ3) is 9.18. The third-order valence-corrected chi connectivity index (χ3v) is 11.5. The first-order chi connectivity index (χ1) is 22.3. The van der Waals surface area contributed by atoms with Crippen molar-refractivity contribution < 1.29 is 0 Å². The van der Waals surface area contributed by atoms with Gasteiger partial charge in [0, 0.05) is 23.4 Å². The smallest absolute Gasteiger partial charge is 0.0919 e. The van der Waals surface area contributed by atoms with Gasteiger partial charge in [-0.15, -0.1) is 0 Å². The van der Waals surface area contributed by atoms with E-state index in [1.165, 1.54) is 55.2 Å². The Bertz CT molecular complexity index is 1250. The Morgan fingerprint density at radius 1 is 0.915 bits per heavy atom. The second kappa shape index (κ2) is 16.0. The average molecular weight is 641 g/mol. The monoisotopic (exact) mass is 641 g/mol. The van der Waals surface area contributed by atoms with Crippen LogP contribution in [0.15, 0.2) is 85.5 Å². The number of hydrogen-bond acceptors (Lipinski definition) is 4. The quantitative estimate of drug-likeness (QED) is 0.107. The summed E-state index contributed by atoms with van der Waals surface area (Å²) in [6, 6.07) is 9.57. The molecule has 0 bridgehead atoms. The van der Waals surface area contributed by atoms with Gasteiger partial charge in [-0.25, -0.2) is 0 Å². The summed E-state index contributed by atoms with van der Waals surface area (Å²) in [6.07, 6.45) is 13.1. The molecule has 0 aliphatic heterocycles. The zero-order valence-corrected chi connectivity index (χ0v) is 30.9. The van der Waals surface area contributed by atoms with Crippen LogP contribution in [-0.4, -0.2) is 18.1 Å². The Hall–Kier alpha value is -2.88. The summed E-state index contributed by atoms with van der Waals surface area (Å²) in [5.41, 5.74) is 13.3. The highest BCUT2D eigenvalue weighted by Gasteiger charge is 2.56. The Morgan fingerprint density at radius 2 is 1.53 bits per heavy atom. The van der Waals surface area contributed by atoms with Gasteiger partial charge < -0.3 is 21.7 Å². The van der Waals surface area contributed by atoms with Gasteiger partial charge in [-0.2, -0.15) is 0 Å². The maximum atomic E-state index is 6.18. The Balaban J connectivity index is 0.00000160. The molecule has 5 rings (SSSR count). The molecule has 0 radical (unpaired) electrons. The van der Waals surface area contributed by atoms with Crippen LogP contribution in [0.5, 0.6) is 0 Å². The number of allylic oxidation sites excluding steroid dienone is 1. The van der Waals surface area contributed by atoms with Gasteiger partial charge in [0.25, 0.3) is 0 Å². The Labute approximate surface area is 288 Å². The van der Waals surface area contributed by atoms with Gasteiger partial charge in [-0.3, -0.25) is 0 Å². The molecule has 4 nitrogen and oxygen atoms in total. The molecule has 0 spiro atoms. The highest BCUT2D eigenvalue weighted by molar-refractivity contribution is 5.36. The molecule has 260 valence electrons. The first-order valence-corrected chi connectivity index (χ1v) is 18.8. The largest absolute Gasteiger partial charge is 0.399 e. The number of nitrogens with two attached hydrogens (primary N) is 1. The fourth-order valence-electron chi connectivity index (χ4n) is 8.55. The maximum absolute atomic E-state index is 6.18. The second-order valence-corrected chi connectivity index (χ2v) is 16.5. The predicted molar refractivity (Wildman–Crippen MR) is 203 cm³/mol. The summed E-state index contributed by atoms with van der Waals surface area (Å²) in [7, 11) is 0. The van der Waals surface area contributed by atoms with Gasteiger partial charge in [0.2, 0.25) is 0 Å². The van der Waals surface area contributed by atoms with E-state index in [4.69, 9.17) is 18.9 Å². The highest BCUT2D eigenvalue weighted by Crippen LogP contribution is 2.62. The lowest BCUT2D eigenvalue weighted by Crippen LogP contribution is -2.48. The number of benzene rings is 1. The van der Waals surface area contributed by atoms with Crippen LogP contribution in [0.2, 0.25) is 0 Å². The number of rotatable bonds is 16. The van der Waals surface area contributed by atoms with Crippen LogP contribution in [-0.2, 0) is 12.8 Å². The molecule has 5 N–H and O–H groups in total. The molecule has 1 aromatic carbocycles. The molecule has 0 heterocycles. The van der Waals surface area contributed by atoms with Crippen molar-refractivity contribution in [3.63, 3.8) is 0 Å². The summed E-state index contributed by atoms with van der Waals surface area (Å²) < 4.78 is 0. The van der Waals surface area contributed by atoms with Crippen LogP contribution in [0.4, 0.5) is 0 Å². The summed E-state index contributed by atoms with van der Waals surface area (Å²) in [5, 5.41) is 11.6. The fraction of sp³-hybridized carbons (Fsp3) is 0.628. The van der Waals surface area contributed by atoms with E-state index < -0.39 is 0 Å². The van der Waals surface area contributed by atoms with E-state index in [0.717, 1.165) is 61.0 Å². The van der Waals surface area contributed by atoms with Crippen molar-refractivity contribution in [1.82, 2.24) is 16.0 Å². The molecule has 0 aromatic heterocycles. The summed E-state index contributed by atoms with van der Waals surface area (Å²) in [4.78, 5) is 0. The Morgan fingerprint density at radius 3 is 2.04 bits per heavy atom. The van der Waals surface area contributed by atoms with E-state index in [-0.39, 0.29) is 17.5 Å². The molecule has 7 atom stereocenters. The van der Waals surface area contributed by atoms with Crippen LogP contribution in [0.25, 0.3) is 0 Å². The molecule has 4 aliphatic carbocycles. The lowest BCUT2D eigenvalue weighted by molar-refractivity contribution is 0.257. The van der Waals surface area contributed by atoms with Crippen molar-refractivity contribution in [2.45, 2.75) is 130 Å². The van der Waals surface area contributed by atoms with Gasteiger partial charge >= 0.3 is 0 Å². The van der Waals surface area contributed by atoms with Gasteiger partial charge in [0.15, 0.2) is 0 Å². The minimum absolute atomic E-state index is 0.104. The molecule has 4 aliphatic rings. The summed E-state index contributed by atoms with van der Waals surface area (Å²) in [6.45, 7) is 36.0. The Kier molecular flexibility index (Phi) is 12.6. The molecule has 0 amide bonds. The van der Waals surface area contributed by atoms with Crippen molar-refractivity contribution in [2.24, 2.45) is 46.7 Å².